The van der Waals surface area contributed by atoms with Gasteiger partial charge in [-0.1, -0.05) is 78.8 Å². The zero-order valence-electron chi connectivity index (χ0n) is 43.4. The van der Waals surface area contributed by atoms with Gasteiger partial charge in [-0.15, -0.1) is 0 Å². The van der Waals surface area contributed by atoms with E-state index in [4.69, 9.17) is 41.3 Å². The molecular weight excluding hydrogens is 1070 g/mol. The van der Waals surface area contributed by atoms with Crippen LogP contribution in [0.25, 0.3) is 22.3 Å². The maximum absolute atomic E-state index is 15.3. The highest BCUT2D eigenvalue weighted by Gasteiger charge is 2.57. The summed E-state index contributed by atoms with van der Waals surface area (Å²) in [6.07, 6.45) is -9.85. The van der Waals surface area contributed by atoms with E-state index in [2.05, 4.69) is 45.9 Å². The first kappa shape index (κ1) is 57.1. The Morgan fingerprint density at radius 1 is 0.857 bits per heavy atom. The number of aromatic nitrogens is 8. The second kappa shape index (κ2) is 22.7. The Bertz CT molecular complexity index is 3270. The molecule has 416 valence electrons. The second-order valence-corrected chi connectivity index (χ2v) is 28.1. The molecule has 3 saturated heterocycles. The number of ether oxygens (including phenoxy) is 3. The van der Waals surface area contributed by atoms with Crippen LogP contribution in [0.3, 0.4) is 0 Å². The minimum absolute atomic E-state index is 0.0943. The van der Waals surface area contributed by atoms with Gasteiger partial charge in [0.05, 0.1) is 45.0 Å². The van der Waals surface area contributed by atoms with Gasteiger partial charge < -0.3 is 28.8 Å². The van der Waals surface area contributed by atoms with Crippen LogP contribution in [0.5, 0.6) is 0 Å². The van der Waals surface area contributed by atoms with Crippen molar-refractivity contribution in [2.75, 3.05) is 30.5 Å². The van der Waals surface area contributed by atoms with E-state index in [9.17, 15) is 38.7 Å². The van der Waals surface area contributed by atoms with E-state index in [-0.39, 0.29) is 47.3 Å². The molecule has 5 aromatic rings. The van der Waals surface area contributed by atoms with E-state index in [0.29, 0.717) is 5.56 Å². The van der Waals surface area contributed by atoms with Crippen molar-refractivity contribution in [3.05, 3.63) is 69.3 Å². The van der Waals surface area contributed by atoms with Gasteiger partial charge in [0.15, 0.2) is 43.1 Å². The van der Waals surface area contributed by atoms with Crippen molar-refractivity contribution in [1.29, 1.82) is 5.26 Å². The molecule has 32 heteroatoms. The number of nitriles is 1. The number of aromatic amines is 2. The van der Waals surface area contributed by atoms with Crippen LogP contribution in [0.1, 0.15) is 72.9 Å². The maximum Gasteiger partial charge on any atom is 0.475 e. The first-order chi connectivity index (χ1) is 36.3. The minimum atomic E-state index is -5.38. The number of imidazole rings is 2. The fourth-order valence-electron chi connectivity index (χ4n) is 7.96. The Hall–Kier alpha value is -6.06. The van der Waals surface area contributed by atoms with Crippen molar-refractivity contribution < 1.29 is 69.7 Å². The number of amides is 3. The van der Waals surface area contributed by atoms with Crippen LogP contribution in [0.4, 0.5) is 16.7 Å². The summed E-state index contributed by atoms with van der Waals surface area (Å²) in [6, 6.07) is 8.95. The highest BCUT2D eigenvalue weighted by atomic mass is 31.2. The molecule has 10 atom stereocenters. The zero-order chi connectivity index (χ0) is 55.8. The number of rotatable bonds is 14. The molecular formula is C45H60N12O17P2Si. The van der Waals surface area contributed by atoms with Gasteiger partial charge in [-0.3, -0.25) is 71.5 Å². The van der Waals surface area contributed by atoms with Crippen LogP contribution in [-0.4, -0.2) is 127 Å². The van der Waals surface area contributed by atoms with E-state index in [1.807, 2.05) is 39.9 Å². The fraction of sp³-hybridized carbons (Fsp3) is 0.556. The summed E-state index contributed by atoms with van der Waals surface area (Å²) in [5, 5.41) is 16.7. The first-order valence-corrected chi connectivity index (χ1v) is 30.2. The summed E-state index contributed by atoms with van der Waals surface area (Å²) < 4.78 is 87.7. The van der Waals surface area contributed by atoms with E-state index in [0.717, 1.165) is 6.33 Å². The van der Waals surface area contributed by atoms with Crippen LogP contribution in [0, 0.1) is 23.2 Å². The number of carbonyl (C=O) groups is 3. The molecule has 4 aromatic heterocycles. The van der Waals surface area contributed by atoms with Gasteiger partial charge in [0.2, 0.25) is 23.7 Å². The molecule has 7 heterocycles. The van der Waals surface area contributed by atoms with Gasteiger partial charge in [-0.2, -0.15) is 15.2 Å². The van der Waals surface area contributed by atoms with Gasteiger partial charge >= 0.3 is 21.7 Å². The lowest BCUT2D eigenvalue weighted by Gasteiger charge is -2.41. The van der Waals surface area contributed by atoms with Crippen LogP contribution >= 0.6 is 15.6 Å². The molecule has 6 N–H and O–H groups in total. The average molecular weight is 1130 g/mol. The Morgan fingerprint density at radius 2 is 1.40 bits per heavy atom. The van der Waals surface area contributed by atoms with E-state index in [1.54, 1.807) is 58.0 Å². The summed E-state index contributed by atoms with van der Waals surface area (Å²) in [7, 11) is -13.4. The van der Waals surface area contributed by atoms with Crippen molar-refractivity contribution in [3.8, 4) is 6.07 Å². The smallest absolute Gasteiger partial charge is 0.445 e. The Kier molecular flexibility index (Phi) is 16.9. The maximum atomic E-state index is 15.3. The summed E-state index contributed by atoms with van der Waals surface area (Å²) in [4.78, 5) is 100.0. The Balaban J connectivity index is 1.20. The molecule has 0 aliphatic carbocycles. The monoisotopic (exact) mass is 1130 g/mol. The molecule has 0 bridgehead atoms. The molecule has 1 aromatic carbocycles. The predicted molar refractivity (Wildman–Crippen MR) is 272 cm³/mol. The molecule has 3 amide bonds. The molecule has 0 radical (unpaired) electrons. The number of H-pyrrole nitrogens is 2. The fourth-order valence-corrected chi connectivity index (χ4v) is 11.6. The number of alkyl carbamates (subject to hydrolysis) is 1. The summed E-state index contributed by atoms with van der Waals surface area (Å²) in [5.41, 5.74) is -1.59. The Labute approximate surface area is 440 Å². The van der Waals surface area contributed by atoms with Crippen LogP contribution < -0.4 is 27.1 Å². The average Bonchev–Trinajstić information content (AvgIpc) is 4.17. The van der Waals surface area contributed by atoms with Crippen LogP contribution in [0.2, 0.25) is 18.1 Å². The van der Waals surface area contributed by atoms with E-state index >= 15 is 4.57 Å². The van der Waals surface area contributed by atoms with Gasteiger partial charge in [-0.25, -0.2) is 23.9 Å². The molecule has 3 aliphatic heterocycles. The molecule has 3 aliphatic rings. The molecule has 8 rings (SSSR count). The molecule has 29 nitrogen and oxygen atoms in total. The highest BCUT2D eigenvalue weighted by Crippen LogP contribution is 2.57. The third kappa shape index (κ3) is 12.8. The van der Waals surface area contributed by atoms with Crippen molar-refractivity contribution in [2.45, 2.75) is 129 Å². The second-order valence-electron chi connectivity index (χ2n) is 20.4. The first-order valence-electron chi connectivity index (χ1n) is 24.4. The topological polar surface area (TPSA) is 376 Å². The lowest BCUT2D eigenvalue weighted by atomic mass is 10.1. The van der Waals surface area contributed by atoms with Crippen molar-refractivity contribution in [3.63, 3.8) is 0 Å². The number of nitrogens with one attached hydrogen (secondary N) is 5. The summed E-state index contributed by atoms with van der Waals surface area (Å²) in [6.45, 7) is 13.7. The van der Waals surface area contributed by atoms with E-state index < -0.39 is 139 Å². The van der Waals surface area contributed by atoms with E-state index in [1.165, 1.54) is 15.5 Å². The quantitative estimate of drug-likeness (QED) is 0.0490. The molecule has 3 fully saturated rings. The highest BCUT2D eigenvalue weighted by molar-refractivity contribution is 7.48. The van der Waals surface area contributed by atoms with Crippen molar-refractivity contribution in [2.24, 2.45) is 11.8 Å². The van der Waals surface area contributed by atoms with Crippen molar-refractivity contribution >= 4 is 76.1 Å². The number of fused-ring (bicyclic) bond motifs is 4. The third-order valence-corrected chi connectivity index (χ3v) is 20.0. The van der Waals surface area contributed by atoms with Gasteiger partial charge in [0, 0.05) is 11.8 Å². The third-order valence-electron chi connectivity index (χ3n) is 13.1. The standard InChI is InChI=1S/C45H60N12O17P2Si/c1-23(2)36(58)52-42-50-34-29(38(60)54-42)47-21-56(34)40-28(49-44(62)66-18-25-14-11-10-12-15-25)31-26(70-40)20-69-76(65,67-17-13-16-46)73-32-27(19-68-75(63,64)72-31)71-41(33(32)74-77(8,9)45(5,6)7)57-22-48-30-35(57)51-43(55-39(30)61)53-37(59)24(3)4/h10-12,14-15,21-24,26-28,31-33,40-41H,13,17-20H2,1-9H3,(H,49,62)(H,63,64)(H2,50,52,54,58,60)(H2,51,53,55,59,61)/t26-,27-,28-,31-,32-,33-,40-,41-,76?/m1/s1. The van der Waals surface area contributed by atoms with Gasteiger partial charge in [0.1, 0.15) is 43.2 Å². The number of phosphoric ester groups is 2. The molecule has 0 saturated carbocycles. The Morgan fingerprint density at radius 3 is 1.96 bits per heavy atom. The number of anilines is 2. The minimum Gasteiger partial charge on any atom is -0.445 e. The summed E-state index contributed by atoms with van der Waals surface area (Å²) >= 11 is 0. The zero-order valence-corrected chi connectivity index (χ0v) is 46.1. The van der Waals surface area contributed by atoms with Gasteiger partial charge in [0.25, 0.3) is 11.1 Å². The number of phosphoric acid groups is 2. The molecule has 2 unspecified atom stereocenters. The van der Waals surface area contributed by atoms with Crippen LogP contribution in [0.15, 0.2) is 52.6 Å². The van der Waals surface area contributed by atoms with Crippen molar-refractivity contribution in [1.82, 2.24) is 44.4 Å². The number of hydrogen-bond donors (Lipinski definition) is 6. The molecule has 0 spiro atoms. The SMILES string of the molecule is CC(C)C(=O)Nc1nc2c(ncn2[C@@H]2O[C@@H]3COP(=O)(OCCC#N)O[C@H]4[C@@H](O[Si](C)(C)C(C)(C)C)[C@H](n5cnc6c(=O)[nH]c(NC(=O)C(C)C)nc65)O[C@@H]4COP(=O)(O)O[C@H]3[C@H]2NC(=O)OCc2ccccc2)c(=O)[nH]1. The number of hydrogen-bond acceptors (Lipinski definition) is 21. The lowest BCUT2D eigenvalue weighted by Crippen LogP contribution is -2.49. The largest absolute Gasteiger partial charge is 0.475 e. The number of nitrogens with zero attached hydrogens (tertiary/aromatic N) is 7. The molecule has 77 heavy (non-hydrogen) atoms. The predicted octanol–water partition coefficient (Wildman–Crippen LogP) is 4.88. The normalized spacial score (nSPS) is 27.1. The lowest BCUT2D eigenvalue weighted by molar-refractivity contribution is -0.119. The van der Waals surface area contributed by atoms with Crippen LogP contribution in [-0.2, 0) is 66.6 Å². The van der Waals surface area contributed by atoms with Gasteiger partial charge in [-0.05, 0) is 23.7 Å². The number of carbonyl (C=O) groups excluding carboxylic acids is 3. The number of benzene rings is 1. The summed E-state index contributed by atoms with van der Waals surface area (Å²) in [5.74, 6) is -2.44.